The molecule has 0 amide bonds. The van der Waals surface area contributed by atoms with E-state index in [1.807, 2.05) is 0 Å². The zero-order valence-corrected chi connectivity index (χ0v) is 12.9. The number of hydrogen-bond donors (Lipinski definition) is 2. The fourth-order valence-corrected chi connectivity index (χ4v) is 3.73. The third-order valence-corrected chi connectivity index (χ3v) is 5.37. The van der Waals surface area contributed by atoms with Crippen molar-refractivity contribution in [2.24, 2.45) is 5.92 Å². The fraction of sp³-hybridized carbons (Fsp3) is 0.462. The first-order chi connectivity index (χ1) is 9.90. The van der Waals surface area contributed by atoms with E-state index in [9.17, 15) is 13.2 Å². The smallest absolute Gasteiger partial charge is 0.307 e. The van der Waals surface area contributed by atoms with Gasteiger partial charge in [0.1, 0.15) is 0 Å². The van der Waals surface area contributed by atoms with E-state index in [1.165, 1.54) is 4.31 Å². The van der Waals surface area contributed by atoms with Crippen molar-refractivity contribution in [3.63, 3.8) is 0 Å². The van der Waals surface area contributed by atoms with Crippen molar-refractivity contribution < 1.29 is 18.3 Å². The van der Waals surface area contributed by atoms with Crippen LogP contribution in [0.3, 0.4) is 0 Å². The van der Waals surface area contributed by atoms with Crippen molar-refractivity contribution >= 4 is 27.8 Å². The molecule has 0 bridgehead atoms. The number of rotatable bonds is 5. The Labute approximate surface area is 128 Å². The molecule has 0 spiro atoms. The fourth-order valence-electron chi connectivity index (χ4n) is 2.26. The van der Waals surface area contributed by atoms with E-state index in [0.29, 0.717) is 30.0 Å². The highest BCUT2D eigenvalue weighted by molar-refractivity contribution is 7.87. The Morgan fingerprint density at radius 2 is 2.14 bits per heavy atom. The molecule has 1 aromatic carbocycles. The maximum absolute atomic E-state index is 12.2. The number of carbonyl (C=O) groups is 1. The van der Waals surface area contributed by atoms with Crippen LogP contribution in [0.15, 0.2) is 24.3 Å². The van der Waals surface area contributed by atoms with Crippen LogP contribution in [-0.4, -0.2) is 36.9 Å². The highest BCUT2D eigenvalue weighted by atomic mass is 35.5. The molecule has 1 aliphatic rings. The molecule has 1 aromatic rings. The molecule has 1 saturated heterocycles. The second kappa shape index (κ2) is 6.74. The van der Waals surface area contributed by atoms with Gasteiger partial charge >= 0.3 is 5.97 Å². The van der Waals surface area contributed by atoms with E-state index in [1.54, 1.807) is 24.3 Å². The Morgan fingerprint density at radius 1 is 1.43 bits per heavy atom. The molecule has 0 saturated carbocycles. The molecule has 2 N–H and O–H groups in total. The Kier molecular flexibility index (Phi) is 5.21. The average molecular weight is 333 g/mol. The molecule has 1 fully saturated rings. The Bertz CT molecular complexity index is 620. The molecule has 116 valence electrons. The van der Waals surface area contributed by atoms with Gasteiger partial charge in [0, 0.05) is 24.7 Å². The first kappa shape index (κ1) is 16.2. The minimum atomic E-state index is -3.70. The lowest BCUT2D eigenvalue weighted by molar-refractivity contribution is -0.142. The highest BCUT2D eigenvalue weighted by Gasteiger charge is 2.32. The van der Waals surface area contributed by atoms with Gasteiger partial charge in [-0.2, -0.15) is 17.4 Å². The first-order valence-corrected chi connectivity index (χ1v) is 8.43. The number of nitrogens with one attached hydrogen (secondary N) is 1. The summed E-state index contributed by atoms with van der Waals surface area (Å²) in [5, 5.41) is 9.49. The Hall–Kier alpha value is -1.15. The first-order valence-electron chi connectivity index (χ1n) is 6.61. The van der Waals surface area contributed by atoms with Gasteiger partial charge in [0.05, 0.1) is 5.92 Å². The van der Waals surface area contributed by atoms with Crippen molar-refractivity contribution in [3.05, 3.63) is 34.9 Å². The van der Waals surface area contributed by atoms with Crippen LogP contribution in [0.2, 0.25) is 5.02 Å². The van der Waals surface area contributed by atoms with E-state index in [0.717, 1.165) is 0 Å². The van der Waals surface area contributed by atoms with Crippen molar-refractivity contribution in [3.8, 4) is 0 Å². The standard InChI is InChI=1S/C13H17ClN2O4S/c14-12-6-2-1-4-10(12)8-15-21(19,20)16-7-3-5-11(9-16)13(17)18/h1-2,4,6,11,15H,3,5,7-9H2,(H,17,18). The van der Waals surface area contributed by atoms with Crippen LogP contribution in [0.4, 0.5) is 0 Å². The molecule has 1 unspecified atom stereocenters. The molecule has 0 aliphatic carbocycles. The second-order valence-corrected chi connectivity index (χ2v) is 7.12. The molecule has 6 nitrogen and oxygen atoms in total. The monoisotopic (exact) mass is 332 g/mol. The Balaban J connectivity index is 2.01. The molecule has 21 heavy (non-hydrogen) atoms. The van der Waals surface area contributed by atoms with Gasteiger partial charge < -0.3 is 5.11 Å². The van der Waals surface area contributed by atoms with Crippen LogP contribution >= 0.6 is 11.6 Å². The minimum absolute atomic E-state index is 0.00713. The predicted molar refractivity (Wildman–Crippen MR) is 79.1 cm³/mol. The topological polar surface area (TPSA) is 86.7 Å². The molecule has 0 aromatic heterocycles. The number of aliphatic carboxylic acids is 1. The van der Waals surface area contributed by atoms with Gasteiger partial charge in [-0.05, 0) is 24.5 Å². The number of halogens is 1. The minimum Gasteiger partial charge on any atom is -0.481 e. The Morgan fingerprint density at radius 3 is 2.81 bits per heavy atom. The van der Waals surface area contributed by atoms with E-state index < -0.39 is 22.1 Å². The summed E-state index contributed by atoms with van der Waals surface area (Å²) in [7, 11) is -3.70. The summed E-state index contributed by atoms with van der Waals surface area (Å²) in [6.45, 7) is 0.422. The van der Waals surface area contributed by atoms with Gasteiger partial charge in [-0.3, -0.25) is 4.79 Å². The van der Waals surface area contributed by atoms with Crippen LogP contribution in [0, 0.1) is 5.92 Å². The lowest BCUT2D eigenvalue weighted by atomic mass is 10.0. The number of piperidine rings is 1. The molecule has 1 aliphatic heterocycles. The lowest BCUT2D eigenvalue weighted by Gasteiger charge is -2.29. The average Bonchev–Trinajstić information content (AvgIpc) is 2.46. The van der Waals surface area contributed by atoms with Crippen molar-refractivity contribution in [2.45, 2.75) is 19.4 Å². The van der Waals surface area contributed by atoms with Crippen LogP contribution in [0.1, 0.15) is 18.4 Å². The normalized spacial score (nSPS) is 20.3. The second-order valence-electron chi connectivity index (χ2n) is 4.95. The summed E-state index contributed by atoms with van der Waals surface area (Å²) in [4.78, 5) is 11.0. The highest BCUT2D eigenvalue weighted by Crippen LogP contribution is 2.20. The van der Waals surface area contributed by atoms with Crippen LogP contribution in [0.25, 0.3) is 0 Å². The van der Waals surface area contributed by atoms with Crippen molar-refractivity contribution in [2.75, 3.05) is 13.1 Å². The number of carboxylic acid groups (broad SMARTS) is 1. The summed E-state index contributed by atoms with van der Waals surface area (Å²) < 4.78 is 28.1. The number of carboxylic acids is 1. The summed E-state index contributed by atoms with van der Waals surface area (Å²) in [5.41, 5.74) is 0.675. The number of nitrogens with zero attached hydrogens (tertiary/aromatic N) is 1. The van der Waals surface area contributed by atoms with Gasteiger partial charge in [-0.25, -0.2) is 0 Å². The van der Waals surface area contributed by atoms with Crippen molar-refractivity contribution in [1.29, 1.82) is 0 Å². The summed E-state index contributed by atoms with van der Waals surface area (Å²) >= 11 is 5.98. The third kappa shape index (κ3) is 4.16. The van der Waals surface area contributed by atoms with Gasteiger partial charge in [0.25, 0.3) is 10.2 Å². The van der Waals surface area contributed by atoms with E-state index in [-0.39, 0.29) is 13.1 Å². The molecule has 8 heteroatoms. The zero-order valence-electron chi connectivity index (χ0n) is 11.3. The van der Waals surface area contributed by atoms with Gasteiger partial charge in [0.2, 0.25) is 0 Å². The van der Waals surface area contributed by atoms with Crippen molar-refractivity contribution in [1.82, 2.24) is 9.03 Å². The molecule has 1 atom stereocenters. The van der Waals surface area contributed by atoms with Crippen LogP contribution < -0.4 is 4.72 Å². The van der Waals surface area contributed by atoms with Crippen LogP contribution in [0.5, 0.6) is 0 Å². The van der Waals surface area contributed by atoms with E-state index in [2.05, 4.69) is 4.72 Å². The molecule has 0 radical (unpaired) electrons. The maximum Gasteiger partial charge on any atom is 0.307 e. The molecular weight excluding hydrogens is 316 g/mol. The van der Waals surface area contributed by atoms with Gasteiger partial charge in [-0.1, -0.05) is 29.8 Å². The number of hydrogen-bond acceptors (Lipinski definition) is 3. The summed E-state index contributed by atoms with van der Waals surface area (Å²) in [5.74, 6) is -1.60. The largest absolute Gasteiger partial charge is 0.481 e. The number of benzene rings is 1. The van der Waals surface area contributed by atoms with Crippen LogP contribution in [-0.2, 0) is 21.5 Å². The molecule has 2 rings (SSSR count). The third-order valence-electron chi connectivity index (χ3n) is 3.48. The molecule has 1 heterocycles. The van der Waals surface area contributed by atoms with E-state index >= 15 is 0 Å². The van der Waals surface area contributed by atoms with Gasteiger partial charge in [-0.15, -0.1) is 0 Å². The SMILES string of the molecule is O=C(O)C1CCCN(S(=O)(=O)NCc2ccccc2Cl)C1. The predicted octanol–water partition coefficient (Wildman–Crippen LogP) is 1.47. The quantitative estimate of drug-likeness (QED) is 0.855. The molecular formula is C13H17ClN2O4S. The van der Waals surface area contributed by atoms with E-state index in [4.69, 9.17) is 16.7 Å². The van der Waals surface area contributed by atoms with Gasteiger partial charge in [0.15, 0.2) is 0 Å². The maximum atomic E-state index is 12.2. The zero-order chi connectivity index (χ0) is 15.5. The lowest BCUT2D eigenvalue weighted by Crippen LogP contribution is -2.47. The summed E-state index contributed by atoms with van der Waals surface area (Å²) in [6.07, 6.45) is 1.05. The summed E-state index contributed by atoms with van der Waals surface area (Å²) in [6, 6.07) is 6.97.